The summed E-state index contributed by atoms with van der Waals surface area (Å²) >= 11 is 6.95. The molecule has 0 aliphatic rings. The maximum absolute atomic E-state index is 11.6. The Morgan fingerprint density at radius 1 is 1.62 bits per heavy atom. The van der Waals surface area contributed by atoms with Crippen LogP contribution in [0.4, 0.5) is 5.69 Å². The fourth-order valence-electron chi connectivity index (χ4n) is 1.32. The summed E-state index contributed by atoms with van der Waals surface area (Å²) in [4.78, 5) is 16.7. The van der Waals surface area contributed by atoms with E-state index >= 15 is 0 Å². The lowest BCUT2D eigenvalue weighted by Gasteiger charge is -1.98. The molecule has 0 bridgehead atoms. The molecule has 2 aromatic heterocycles. The van der Waals surface area contributed by atoms with E-state index in [9.17, 15) is 4.79 Å². The van der Waals surface area contributed by atoms with E-state index in [0.29, 0.717) is 27.2 Å². The fourth-order valence-corrected chi connectivity index (χ4v) is 2.51. The lowest BCUT2D eigenvalue weighted by molar-refractivity contribution is 0.0533. The van der Waals surface area contributed by atoms with Crippen molar-refractivity contribution in [2.24, 2.45) is 0 Å². The predicted octanol–water partition coefficient (Wildman–Crippen LogP) is 2.71. The van der Waals surface area contributed by atoms with Crippen LogP contribution in [-0.4, -0.2) is 17.6 Å². The molecule has 0 aliphatic heterocycles. The standard InChI is InChI=1S/C10H9ClN2O2S/c1-2-15-10(14)8-7(12)5-3-4-6(11)13-9(5)16-8/h3-4H,2,12H2,1H3. The van der Waals surface area contributed by atoms with Crippen LogP contribution in [0.2, 0.25) is 5.15 Å². The smallest absolute Gasteiger partial charge is 0.350 e. The minimum Gasteiger partial charge on any atom is -0.462 e. The van der Waals surface area contributed by atoms with Gasteiger partial charge in [-0.1, -0.05) is 11.6 Å². The molecule has 0 fully saturated rings. The molecule has 0 amide bonds. The molecule has 2 heterocycles. The van der Waals surface area contributed by atoms with Gasteiger partial charge in [0.1, 0.15) is 14.9 Å². The number of nitrogen functional groups attached to an aromatic ring is 1. The van der Waals surface area contributed by atoms with Crippen molar-refractivity contribution >= 4 is 44.8 Å². The van der Waals surface area contributed by atoms with E-state index in [1.807, 2.05) is 0 Å². The summed E-state index contributed by atoms with van der Waals surface area (Å²) in [6.45, 7) is 2.07. The number of carbonyl (C=O) groups is 1. The summed E-state index contributed by atoms with van der Waals surface area (Å²) in [5.41, 5.74) is 6.25. The Morgan fingerprint density at radius 2 is 2.38 bits per heavy atom. The van der Waals surface area contributed by atoms with Gasteiger partial charge >= 0.3 is 5.97 Å². The first kappa shape index (κ1) is 11.2. The summed E-state index contributed by atoms with van der Waals surface area (Å²) in [7, 11) is 0. The minimum atomic E-state index is -0.417. The molecular formula is C10H9ClN2O2S. The van der Waals surface area contributed by atoms with E-state index in [-0.39, 0.29) is 0 Å². The van der Waals surface area contributed by atoms with Crippen molar-refractivity contribution in [2.75, 3.05) is 12.3 Å². The van der Waals surface area contributed by atoms with Crippen LogP contribution in [-0.2, 0) is 4.74 Å². The largest absolute Gasteiger partial charge is 0.462 e. The number of anilines is 1. The lowest BCUT2D eigenvalue weighted by atomic mass is 10.3. The molecule has 84 valence electrons. The quantitative estimate of drug-likeness (QED) is 0.663. The number of hydrogen-bond donors (Lipinski definition) is 1. The van der Waals surface area contributed by atoms with Crippen LogP contribution in [0.15, 0.2) is 12.1 Å². The van der Waals surface area contributed by atoms with Crippen molar-refractivity contribution in [3.63, 3.8) is 0 Å². The van der Waals surface area contributed by atoms with Crippen molar-refractivity contribution in [1.29, 1.82) is 0 Å². The molecule has 4 nitrogen and oxygen atoms in total. The molecule has 16 heavy (non-hydrogen) atoms. The number of nitrogens with two attached hydrogens (primary N) is 1. The zero-order chi connectivity index (χ0) is 11.7. The highest BCUT2D eigenvalue weighted by Gasteiger charge is 2.18. The third-order valence-electron chi connectivity index (χ3n) is 2.02. The van der Waals surface area contributed by atoms with E-state index in [1.165, 1.54) is 11.3 Å². The summed E-state index contributed by atoms with van der Waals surface area (Å²) in [5.74, 6) is -0.417. The lowest BCUT2D eigenvalue weighted by Crippen LogP contribution is -2.04. The van der Waals surface area contributed by atoms with E-state index in [4.69, 9.17) is 22.1 Å². The third kappa shape index (κ3) is 1.83. The van der Waals surface area contributed by atoms with E-state index < -0.39 is 5.97 Å². The molecule has 2 aromatic rings. The van der Waals surface area contributed by atoms with Crippen LogP contribution in [0.25, 0.3) is 10.2 Å². The first-order chi connectivity index (χ1) is 7.63. The number of fused-ring (bicyclic) bond motifs is 1. The molecule has 0 saturated heterocycles. The number of rotatable bonds is 2. The van der Waals surface area contributed by atoms with E-state index in [0.717, 1.165) is 5.39 Å². The third-order valence-corrected chi connectivity index (χ3v) is 3.33. The molecular weight excluding hydrogens is 248 g/mol. The first-order valence-corrected chi connectivity index (χ1v) is 5.84. The highest BCUT2D eigenvalue weighted by molar-refractivity contribution is 7.21. The molecule has 0 spiro atoms. The molecule has 0 aromatic carbocycles. The second kappa shape index (κ2) is 4.27. The van der Waals surface area contributed by atoms with Crippen LogP contribution in [0.3, 0.4) is 0 Å². The van der Waals surface area contributed by atoms with Gasteiger partial charge in [-0.05, 0) is 19.1 Å². The van der Waals surface area contributed by atoms with Crippen molar-refractivity contribution in [1.82, 2.24) is 4.98 Å². The number of ether oxygens (including phenoxy) is 1. The summed E-state index contributed by atoms with van der Waals surface area (Å²) in [6, 6.07) is 3.39. The average molecular weight is 257 g/mol. The minimum absolute atomic E-state index is 0.320. The number of nitrogens with zero attached hydrogens (tertiary/aromatic N) is 1. The Hall–Kier alpha value is -1.33. The van der Waals surface area contributed by atoms with E-state index in [2.05, 4.69) is 4.98 Å². The van der Waals surface area contributed by atoms with Gasteiger partial charge in [0.05, 0.1) is 12.3 Å². The fraction of sp³-hybridized carbons (Fsp3) is 0.200. The molecule has 2 rings (SSSR count). The first-order valence-electron chi connectivity index (χ1n) is 4.65. The monoisotopic (exact) mass is 256 g/mol. The number of thiophene rings is 1. The van der Waals surface area contributed by atoms with E-state index in [1.54, 1.807) is 19.1 Å². The van der Waals surface area contributed by atoms with Gasteiger partial charge in [0.15, 0.2) is 0 Å². The highest BCUT2D eigenvalue weighted by atomic mass is 35.5. The molecule has 0 unspecified atom stereocenters. The number of carbonyl (C=O) groups excluding carboxylic acids is 1. The number of aromatic nitrogens is 1. The van der Waals surface area contributed by atoms with Crippen LogP contribution in [0.5, 0.6) is 0 Å². The highest BCUT2D eigenvalue weighted by Crippen LogP contribution is 2.33. The van der Waals surface area contributed by atoms with Gasteiger partial charge < -0.3 is 10.5 Å². The second-order valence-corrected chi connectivity index (χ2v) is 4.44. The summed E-state index contributed by atoms with van der Waals surface area (Å²) in [5, 5.41) is 1.11. The molecule has 6 heteroatoms. The SMILES string of the molecule is CCOC(=O)c1sc2nc(Cl)ccc2c1N. The van der Waals surface area contributed by atoms with Gasteiger partial charge in [-0.15, -0.1) is 11.3 Å². The molecule has 0 aliphatic carbocycles. The number of halogens is 1. The van der Waals surface area contributed by atoms with Crippen molar-refractivity contribution in [2.45, 2.75) is 6.92 Å². The normalized spacial score (nSPS) is 10.6. The van der Waals surface area contributed by atoms with Crippen LogP contribution in [0, 0.1) is 0 Å². The maximum Gasteiger partial charge on any atom is 0.350 e. The van der Waals surface area contributed by atoms with Gasteiger partial charge in [-0.25, -0.2) is 9.78 Å². The molecule has 0 saturated carbocycles. The van der Waals surface area contributed by atoms with Crippen molar-refractivity contribution < 1.29 is 9.53 Å². The zero-order valence-electron chi connectivity index (χ0n) is 8.49. The van der Waals surface area contributed by atoms with Gasteiger partial charge in [0.2, 0.25) is 0 Å². The summed E-state index contributed by atoms with van der Waals surface area (Å²) in [6.07, 6.45) is 0. The zero-order valence-corrected chi connectivity index (χ0v) is 10.1. The van der Waals surface area contributed by atoms with Crippen molar-refractivity contribution in [3.05, 3.63) is 22.2 Å². The molecule has 2 N–H and O–H groups in total. The van der Waals surface area contributed by atoms with Gasteiger partial charge in [-0.3, -0.25) is 0 Å². The number of esters is 1. The Labute approximate surface area is 101 Å². The molecule has 0 atom stereocenters. The topological polar surface area (TPSA) is 65.2 Å². The van der Waals surface area contributed by atoms with Crippen LogP contribution in [0.1, 0.15) is 16.6 Å². The summed E-state index contributed by atoms with van der Waals surface area (Å²) < 4.78 is 4.90. The van der Waals surface area contributed by atoms with Crippen molar-refractivity contribution in [3.8, 4) is 0 Å². The Bertz CT molecular complexity index is 553. The number of pyridine rings is 1. The second-order valence-electron chi connectivity index (χ2n) is 3.05. The Morgan fingerprint density at radius 3 is 3.06 bits per heavy atom. The van der Waals surface area contributed by atoms with Gasteiger partial charge in [-0.2, -0.15) is 0 Å². The Kier molecular flexibility index (Phi) is 2.98. The van der Waals surface area contributed by atoms with Crippen LogP contribution >= 0.6 is 22.9 Å². The predicted molar refractivity (Wildman–Crippen MR) is 65.0 cm³/mol. The van der Waals surface area contributed by atoms with Crippen LogP contribution < -0.4 is 5.73 Å². The van der Waals surface area contributed by atoms with Gasteiger partial charge in [0, 0.05) is 5.39 Å². The number of hydrogen-bond acceptors (Lipinski definition) is 5. The van der Waals surface area contributed by atoms with Gasteiger partial charge in [0.25, 0.3) is 0 Å². The molecule has 0 radical (unpaired) electrons. The maximum atomic E-state index is 11.6. The average Bonchev–Trinajstić information content (AvgIpc) is 2.56. The Balaban J connectivity index is 2.55.